The van der Waals surface area contributed by atoms with Crippen molar-refractivity contribution >= 4 is 11.9 Å². The topological polar surface area (TPSA) is 66.8 Å². The molecule has 8 heteroatoms. The summed E-state index contributed by atoms with van der Waals surface area (Å²) in [5.41, 5.74) is 0. The molecule has 1 N–H and O–H groups in total. The molecule has 1 fully saturated rings. The highest BCUT2D eigenvalue weighted by molar-refractivity contribution is 5.77. The lowest BCUT2D eigenvalue weighted by molar-refractivity contribution is -0.215. The second-order valence-corrected chi connectivity index (χ2v) is 4.46. The fourth-order valence-corrected chi connectivity index (χ4v) is 2.00. The van der Waals surface area contributed by atoms with E-state index < -0.39 is 36.5 Å². The van der Waals surface area contributed by atoms with Gasteiger partial charge in [-0.05, 0) is 12.8 Å². The molecule has 1 saturated heterocycles. The molecule has 1 aliphatic heterocycles. The van der Waals surface area contributed by atoms with Crippen LogP contribution < -0.4 is 0 Å². The summed E-state index contributed by atoms with van der Waals surface area (Å²) in [4.78, 5) is 23.7. The molecule has 0 radical (unpaired) electrons. The molecule has 5 nitrogen and oxygen atoms in total. The first-order valence-electron chi connectivity index (χ1n) is 5.85. The Bertz CT molecular complexity index is 337. The Morgan fingerprint density at radius 2 is 1.89 bits per heavy atom. The number of hydrogen-bond acceptors (Lipinski definition) is 3. The lowest BCUT2D eigenvalue weighted by Crippen LogP contribution is -2.43. The number of methoxy groups -OCH3 is 1. The second-order valence-electron chi connectivity index (χ2n) is 4.46. The SMILES string of the molecule is COC(CC(=O)N1CCC(C(=O)O)CC1)C(F)(F)F. The van der Waals surface area contributed by atoms with Crippen LogP contribution >= 0.6 is 0 Å². The van der Waals surface area contributed by atoms with Gasteiger partial charge in [-0.25, -0.2) is 0 Å². The van der Waals surface area contributed by atoms with E-state index in [1.54, 1.807) is 0 Å². The van der Waals surface area contributed by atoms with Gasteiger partial charge in [0, 0.05) is 20.2 Å². The molecule has 0 aliphatic carbocycles. The van der Waals surface area contributed by atoms with Crippen LogP contribution in [-0.2, 0) is 14.3 Å². The van der Waals surface area contributed by atoms with Gasteiger partial charge in [0.05, 0.1) is 12.3 Å². The summed E-state index contributed by atoms with van der Waals surface area (Å²) < 4.78 is 41.6. The number of halogens is 3. The first-order valence-corrected chi connectivity index (χ1v) is 5.85. The predicted octanol–water partition coefficient (Wildman–Crippen LogP) is 1.28. The largest absolute Gasteiger partial charge is 0.481 e. The number of amides is 1. The molecular weight excluding hydrogens is 267 g/mol. The maximum absolute atomic E-state index is 12.4. The average Bonchev–Trinajstić information content (AvgIpc) is 2.34. The van der Waals surface area contributed by atoms with Crippen LogP contribution in [0.1, 0.15) is 19.3 Å². The third-order valence-corrected chi connectivity index (χ3v) is 3.21. The maximum Gasteiger partial charge on any atom is 0.415 e. The molecule has 0 spiro atoms. The van der Waals surface area contributed by atoms with Crippen molar-refractivity contribution in [1.82, 2.24) is 4.90 Å². The highest BCUT2D eigenvalue weighted by Gasteiger charge is 2.42. The summed E-state index contributed by atoms with van der Waals surface area (Å²) in [7, 11) is 0.905. The molecular formula is C11H16F3NO4. The zero-order valence-electron chi connectivity index (χ0n) is 10.4. The van der Waals surface area contributed by atoms with E-state index in [-0.39, 0.29) is 25.9 Å². The zero-order valence-corrected chi connectivity index (χ0v) is 10.4. The van der Waals surface area contributed by atoms with Crippen molar-refractivity contribution in [1.29, 1.82) is 0 Å². The van der Waals surface area contributed by atoms with Gasteiger partial charge in [-0.1, -0.05) is 0 Å². The highest BCUT2D eigenvalue weighted by Crippen LogP contribution is 2.26. The Morgan fingerprint density at radius 3 is 2.26 bits per heavy atom. The molecule has 1 rings (SSSR count). The van der Waals surface area contributed by atoms with Crippen molar-refractivity contribution in [3.05, 3.63) is 0 Å². The van der Waals surface area contributed by atoms with Gasteiger partial charge in [0.1, 0.15) is 0 Å². The van der Waals surface area contributed by atoms with Crippen molar-refractivity contribution in [2.24, 2.45) is 5.92 Å². The van der Waals surface area contributed by atoms with E-state index in [2.05, 4.69) is 4.74 Å². The van der Waals surface area contributed by atoms with Gasteiger partial charge in [-0.3, -0.25) is 9.59 Å². The van der Waals surface area contributed by atoms with Crippen LogP contribution in [0.25, 0.3) is 0 Å². The molecule has 1 aliphatic rings. The maximum atomic E-state index is 12.4. The van der Waals surface area contributed by atoms with Crippen LogP contribution in [-0.4, -0.2) is 54.4 Å². The summed E-state index contributed by atoms with van der Waals surface area (Å²) in [6.07, 6.45) is -6.92. The molecule has 0 bridgehead atoms. The number of carboxylic acids is 1. The minimum Gasteiger partial charge on any atom is -0.481 e. The van der Waals surface area contributed by atoms with Crippen LogP contribution in [0.3, 0.4) is 0 Å². The zero-order chi connectivity index (χ0) is 14.6. The molecule has 0 aromatic heterocycles. The van der Waals surface area contributed by atoms with Crippen LogP contribution in [0.2, 0.25) is 0 Å². The number of hydrogen-bond donors (Lipinski definition) is 1. The minimum absolute atomic E-state index is 0.171. The Hall–Kier alpha value is -1.31. The first-order chi connectivity index (χ1) is 8.75. The number of aliphatic carboxylic acids is 1. The molecule has 1 amide bonds. The Balaban J connectivity index is 2.49. The Morgan fingerprint density at radius 1 is 1.37 bits per heavy atom. The fraction of sp³-hybridized carbons (Fsp3) is 0.818. The number of likely N-dealkylation sites (tertiary alicyclic amines) is 1. The number of rotatable bonds is 4. The van der Waals surface area contributed by atoms with Gasteiger partial charge < -0.3 is 14.7 Å². The van der Waals surface area contributed by atoms with Crippen LogP contribution in [0.15, 0.2) is 0 Å². The van der Waals surface area contributed by atoms with Gasteiger partial charge in [0.15, 0.2) is 6.10 Å². The van der Waals surface area contributed by atoms with E-state index in [1.807, 2.05) is 0 Å². The molecule has 110 valence electrons. The number of nitrogens with zero attached hydrogens (tertiary/aromatic N) is 1. The molecule has 1 unspecified atom stereocenters. The normalized spacial score (nSPS) is 19.3. The summed E-state index contributed by atoms with van der Waals surface area (Å²) in [5, 5.41) is 8.78. The van der Waals surface area contributed by atoms with Crippen molar-refractivity contribution in [2.75, 3.05) is 20.2 Å². The Labute approximate surface area is 108 Å². The van der Waals surface area contributed by atoms with E-state index >= 15 is 0 Å². The fourth-order valence-electron chi connectivity index (χ4n) is 2.00. The molecule has 1 atom stereocenters. The van der Waals surface area contributed by atoms with Crippen LogP contribution in [0.4, 0.5) is 13.2 Å². The molecule has 1 heterocycles. The van der Waals surface area contributed by atoms with Crippen molar-refractivity contribution < 1.29 is 32.6 Å². The monoisotopic (exact) mass is 283 g/mol. The summed E-state index contributed by atoms with van der Waals surface area (Å²) in [5.74, 6) is -2.12. The Kier molecular flexibility index (Phi) is 5.16. The van der Waals surface area contributed by atoms with E-state index in [9.17, 15) is 22.8 Å². The van der Waals surface area contributed by atoms with E-state index in [0.717, 1.165) is 7.11 Å². The minimum atomic E-state index is -4.58. The van der Waals surface area contributed by atoms with Gasteiger partial charge in [-0.2, -0.15) is 13.2 Å². The molecule has 0 aromatic carbocycles. The van der Waals surface area contributed by atoms with E-state index in [4.69, 9.17) is 5.11 Å². The van der Waals surface area contributed by atoms with Gasteiger partial charge in [0.2, 0.25) is 5.91 Å². The van der Waals surface area contributed by atoms with Gasteiger partial charge >= 0.3 is 12.1 Å². The number of carbonyl (C=O) groups is 2. The highest BCUT2D eigenvalue weighted by atomic mass is 19.4. The van der Waals surface area contributed by atoms with E-state index in [0.29, 0.717) is 0 Å². The lowest BCUT2D eigenvalue weighted by Gasteiger charge is -2.31. The number of carboxylic acid groups (broad SMARTS) is 1. The van der Waals surface area contributed by atoms with Gasteiger partial charge in [-0.15, -0.1) is 0 Å². The second kappa shape index (κ2) is 6.23. The van der Waals surface area contributed by atoms with Crippen molar-refractivity contribution in [3.8, 4) is 0 Å². The third-order valence-electron chi connectivity index (χ3n) is 3.21. The van der Waals surface area contributed by atoms with Crippen molar-refractivity contribution in [3.63, 3.8) is 0 Å². The van der Waals surface area contributed by atoms with Crippen LogP contribution in [0, 0.1) is 5.92 Å². The first kappa shape index (κ1) is 15.7. The van der Waals surface area contributed by atoms with E-state index in [1.165, 1.54) is 4.90 Å². The number of alkyl halides is 3. The standard InChI is InChI=1S/C11H16F3NO4/c1-19-8(11(12,13)14)6-9(16)15-4-2-7(3-5-15)10(17)18/h7-8H,2-6H2,1H3,(H,17,18). The van der Waals surface area contributed by atoms with Crippen LogP contribution in [0.5, 0.6) is 0 Å². The van der Waals surface area contributed by atoms with Crippen molar-refractivity contribution in [2.45, 2.75) is 31.5 Å². The molecule has 0 saturated carbocycles. The molecule has 0 aromatic rings. The smallest absolute Gasteiger partial charge is 0.415 e. The lowest BCUT2D eigenvalue weighted by atomic mass is 9.97. The predicted molar refractivity (Wildman–Crippen MR) is 58.4 cm³/mol. The number of ether oxygens (including phenoxy) is 1. The summed E-state index contributed by atoms with van der Waals surface area (Å²) in [6, 6.07) is 0. The number of carbonyl (C=O) groups excluding carboxylic acids is 1. The summed E-state index contributed by atoms with van der Waals surface area (Å²) >= 11 is 0. The number of piperidine rings is 1. The summed E-state index contributed by atoms with van der Waals surface area (Å²) in [6.45, 7) is 0.341. The third kappa shape index (κ3) is 4.38. The quantitative estimate of drug-likeness (QED) is 0.844. The average molecular weight is 283 g/mol. The van der Waals surface area contributed by atoms with Gasteiger partial charge in [0.25, 0.3) is 0 Å². The molecule has 19 heavy (non-hydrogen) atoms.